The molecule has 1 aromatic heterocycles. The van der Waals surface area contributed by atoms with Gasteiger partial charge in [0.05, 0.1) is 13.3 Å². The van der Waals surface area contributed by atoms with E-state index in [0.717, 1.165) is 16.0 Å². The molecule has 6 nitrogen and oxygen atoms in total. The summed E-state index contributed by atoms with van der Waals surface area (Å²) >= 11 is 4.97. The third-order valence-electron chi connectivity index (χ3n) is 2.45. The Labute approximate surface area is 114 Å². The van der Waals surface area contributed by atoms with Crippen molar-refractivity contribution in [3.8, 4) is 5.75 Å². The summed E-state index contributed by atoms with van der Waals surface area (Å²) in [5.41, 5.74) is 0.797. The van der Waals surface area contributed by atoms with E-state index >= 15 is 0 Å². The summed E-state index contributed by atoms with van der Waals surface area (Å²) in [7, 11) is 1.60. The van der Waals surface area contributed by atoms with Crippen molar-refractivity contribution in [3.63, 3.8) is 0 Å². The molecule has 0 aliphatic rings. The number of aromatic nitrogens is 3. The minimum atomic E-state index is -0.339. The number of rotatable bonds is 3. The van der Waals surface area contributed by atoms with Crippen LogP contribution in [0, 0.1) is 11.7 Å². The number of nitrogens with one attached hydrogen (secondary N) is 1. The van der Waals surface area contributed by atoms with Crippen LogP contribution in [0.5, 0.6) is 5.75 Å². The van der Waals surface area contributed by atoms with Gasteiger partial charge in [-0.25, -0.2) is 0 Å². The number of H-pyrrole nitrogens is 1. The number of methoxy groups -OCH3 is 1. The van der Waals surface area contributed by atoms with Crippen LogP contribution < -0.4 is 10.3 Å². The van der Waals surface area contributed by atoms with Crippen molar-refractivity contribution in [1.82, 2.24) is 14.9 Å². The van der Waals surface area contributed by atoms with E-state index in [4.69, 9.17) is 17.0 Å². The van der Waals surface area contributed by atoms with Crippen molar-refractivity contribution < 1.29 is 4.74 Å². The molecule has 2 rings (SSSR count). The summed E-state index contributed by atoms with van der Waals surface area (Å²) in [6.07, 6.45) is 1.55. The monoisotopic (exact) mass is 276 g/mol. The molecule has 0 saturated heterocycles. The van der Waals surface area contributed by atoms with E-state index in [-0.39, 0.29) is 10.3 Å². The van der Waals surface area contributed by atoms with Crippen LogP contribution in [0.4, 0.5) is 0 Å². The molecule has 19 heavy (non-hydrogen) atoms. The molecule has 0 bridgehead atoms. The van der Waals surface area contributed by atoms with Gasteiger partial charge < -0.3 is 4.74 Å². The standard InChI is InChI=1S/C12H12N4O2S/c1-8-11(17)16(12(19)15-14-8)13-7-9-3-5-10(18-2)6-4-9/h3-7H,1-2H3,(H,15,19). The molecule has 1 heterocycles. The second-order valence-corrected chi connectivity index (χ2v) is 4.14. The zero-order valence-electron chi connectivity index (χ0n) is 10.5. The van der Waals surface area contributed by atoms with Gasteiger partial charge in [-0.1, -0.05) is 0 Å². The molecule has 1 aromatic carbocycles. The quantitative estimate of drug-likeness (QED) is 0.681. The van der Waals surface area contributed by atoms with Crippen LogP contribution in [-0.2, 0) is 0 Å². The molecule has 0 atom stereocenters. The Kier molecular flexibility index (Phi) is 3.86. The molecule has 0 spiro atoms. The largest absolute Gasteiger partial charge is 0.497 e. The summed E-state index contributed by atoms with van der Waals surface area (Å²) in [6, 6.07) is 7.27. The van der Waals surface area contributed by atoms with Crippen molar-refractivity contribution >= 4 is 18.4 Å². The van der Waals surface area contributed by atoms with Gasteiger partial charge in [0, 0.05) is 0 Å². The summed E-state index contributed by atoms with van der Waals surface area (Å²) in [6.45, 7) is 1.59. The maximum atomic E-state index is 11.8. The van der Waals surface area contributed by atoms with Gasteiger partial charge in [-0.05, 0) is 49.0 Å². The van der Waals surface area contributed by atoms with Gasteiger partial charge in [-0.3, -0.25) is 9.89 Å². The second kappa shape index (κ2) is 5.57. The van der Waals surface area contributed by atoms with Crippen molar-refractivity contribution in [3.05, 3.63) is 50.6 Å². The lowest BCUT2D eigenvalue weighted by atomic mass is 10.2. The summed E-state index contributed by atoms with van der Waals surface area (Å²) < 4.78 is 6.31. The number of nitrogens with zero attached hydrogens (tertiary/aromatic N) is 3. The van der Waals surface area contributed by atoms with E-state index in [1.54, 1.807) is 20.2 Å². The van der Waals surface area contributed by atoms with Crippen LogP contribution in [0.1, 0.15) is 11.3 Å². The van der Waals surface area contributed by atoms with Crippen molar-refractivity contribution in [1.29, 1.82) is 0 Å². The third-order valence-corrected chi connectivity index (χ3v) is 2.72. The van der Waals surface area contributed by atoms with E-state index in [1.165, 1.54) is 0 Å². The van der Waals surface area contributed by atoms with Gasteiger partial charge in [-0.2, -0.15) is 14.9 Å². The lowest BCUT2D eigenvalue weighted by Gasteiger charge is -2.00. The third kappa shape index (κ3) is 2.94. The van der Waals surface area contributed by atoms with E-state index in [1.807, 2.05) is 24.3 Å². The van der Waals surface area contributed by atoms with Gasteiger partial charge in [0.25, 0.3) is 5.56 Å². The predicted octanol–water partition coefficient (Wildman–Crippen LogP) is 1.50. The SMILES string of the molecule is COc1ccc(C=Nn2c(=S)[nH]nc(C)c2=O)cc1. The van der Waals surface area contributed by atoms with Gasteiger partial charge in [-0.15, -0.1) is 0 Å². The number of benzene rings is 1. The van der Waals surface area contributed by atoms with Crippen LogP contribution in [0.15, 0.2) is 34.2 Å². The molecule has 0 aliphatic carbocycles. The van der Waals surface area contributed by atoms with Gasteiger partial charge in [0.1, 0.15) is 11.4 Å². The second-order valence-electron chi connectivity index (χ2n) is 3.75. The zero-order chi connectivity index (χ0) is 13.8. The smallest absolute Gasteiger partial charge is 0.296 e. The van der Waals surface area contributed by atoms with E-state index < -0.39 is 0 Å². The van der Waals surface area contributed by atoms with Crippen LogP contribution in [0.25, 0.3) is 0 Å². The lowest BCUT2D eigenvalue weighted by molar-refractivity contribution is 0.415. The predicted molar refractivity (Wildman–Crippen MR) is 74.4 cm³/mol. The number of hydrogen-bond acceptors (Lipinski definition) is 5. The maximum absolute atomic E-state index is 11.8. The normalized spacial score (nSPS) is 10.8. The van der Waals surface area contributed by atoms with E-state index in [0.29, 0.717) is 5.69 Å². The Bertz CT molecular complexity index is 716. The molecule has 1 N–H and O–H groups in total. The molecule has 0 amide bonds. The summed E-state index contributed by atoms with van der Waals surface area (Å²) in [5.74, 6) is 0.756. The zero-order valence-corrected chi connectivity index (χ0v) is 11.3. The number of aromatic amines is 1. The van der Waals surface area contributed by atoms with E-state index in [2.05, 4.69) is 15.3 Å². The first-order chi connectivity index (χ1) is 9.11. The molecular weight excluding hydrogens is 264 g/mol. The molecule has 2 aromatic rings. The Morgan fingerprint density at radius 2 is 2.11 bits per heavy atom. The molecule has 0 unspecified atom stereocenters. The highest BCUT2D eigenvalue weighted by Crippen LogP contribution is 2.09. The van der Waals surface area contributed by atoms with Gasteiger partial charge >= 0.3 is 0 Å². The molecular formula is C12H12N4O2S. The number of aryl methyl sites for hydroxylation is 1. The van der Waals surface area contributed by atoms with Crippen molar-refractivity contribution in [2.24, 2.45) is 5.10 Å². The highest BCUT2D eigenvalue weighted by molar-refractivity contribution is 7.71. The Hall–Kier alpha value is -2.28. The lowest BCUT2D eigenvalue weighted by Crippen LogP contribution is -2.22. The first-order valence-corrected chi connectivity index (χ1v) is 5.89. The fourth-order valence-corrected chi connectivity index (χ4v) is 1.57. The number of ether oxygens (including phenoxy) is 1. The molecule has 0 fully saturated rings. The average molecular weight is 276 g/mol. The minimum Gasteiger partial charge on any atom is -0.497 e. The fraction of sp³-hybridized carbons (Fsp3) is 0.167. The average Bonchev–Trinajstić information content (AvgIpc) is 2.44. The van der Waals surface area contributed by atoms with Crippen molar-refractivity contribution in [2.45, 2.75) is 6.92 Å². The first-order valence-electron chi connectivity index (χ1n) is 5.48. The Morgan fingerprint density at radius 1 is 1.42 bits per heavy atom. The highest BCUT2D eigenvalue weighted by Gasteiger charge is 2.00. The number of hydrogen-bond donors (Lipinski definition) is 1. The molecule has 0 radical (unpaired) electrons. The Balaban J connectivity index is 2.35. The molecule has 0 aliphatic heterocycles. The van der Waals surface area contributed by atoms with Crippen molar-refractivity contribution in [2.75, 3.05) is 7.11 Å². The van der Waals surface area contributed by atoms with Gasteiger partial charge in [0.15, 0.2) is 0 Å². The molecule has 7 heteroatoms. The Morgan fingerprint density at radius 3 is 2.74 bits per heavy atom. The van der Waals surface area contributed by atoms with Gasteiger partial charge in [0.2, 0.25) is 4.77 Å². The maximum Gasteiger partial charge on any atom is 0.296 e. The van der Waals surface area contributed by atoms with Crippen LogP contribution in [-0.4, -0.2) is 28.2 Å². The summed E-state index contributed by atoms with van der Waals surface area (Å²) in [4.78, 5) is 11.8. The molecule has 0 saturated carbocycles. The van der Waals surface area contributed by atoms with Crippen LogP contribution in [0.3, 0.4) is 0 Å². The topological polar surface area (TPSA) is 72.3 Å². The highest BCUT2D eigenvalue weighted by atomic mass is 32.1. The first kappa shape index (κ1) is 13.2. The minimum absolute atomic E-state index is 0.153. The fourth-order valence-electron chi connectivity index (χ4n) is 1.39. The van der Waals surface area contributed by atoms with E-state index in [9.17, 15) is 4.79 Å². The summed E-state index contributed by atoms with van der Waals surface area (Å²) in [5, 5.41) is 10.4. The molecule has 98 valence electrons. The van der Waals surface area contributed by atoms with Crippen LogP contribution >= 0.6 is 12.2 Å². The van der Waals surface area contributed by atoms with Crippen LogP contribution in [0.2, 0.25) is 0 Å².